The van der Waals surface area contributed by atoms with Crippen LogP contribution in [0.2, 0.25) is 0 Å². The van der Waals surface area contributed by atoms with E-state index in [0.717, 1.165) is 11.3 Å². The molecule has 2 heterocycles. The van der Waals surface area contributed by atoms with Crippen LogP contribution in [-0.4, -0.2) is 17.2 Å². The quantitative estimate of drug-likeness (QED) is 0.763. The number of aliphatic hydroxyl groups excluding tert-OH is 1. The van der Waals surface area contributed by atoms with E-state index in [9.17, 15) is 9.90 Å². The van der Waals surface area contributed by atoms with Crippen LogP contribution in [-0.2, 0) is 6.54 Å². The van der Waals surface area contributed by atoms with Gasteiger partial charge in [0.25, 0.3) is 0 Å². The number of hydrogen-bond donors (Lipinski definition) is 3. The van der Waals surface area contributed by atoms with Gasteiger partial charge in [0.05, 0.1) is 12.5 Å². The average molecular weight is 292 g/mol. The second-order valence-corrected chi connectivity index (χ2v) is 5.00. The number of carbonyl (C=O) groups excluding carboxylic acids is 1. The van der Waals surface area contributed by atoms with Crippen molar-refractivity contribution in [1.29, 1.82) is 0 Å². The van der Waals surface area contributed by atoms with Crippen molar-refractivity contribution in [1.82, 2.24) is 10.6 Å². The van der Waals surface area contributed by atoms with E-state index in [0.29, 0.717) is 18.7 Å². The van der Waals surface area contributed by atoms with Crippen molar-refractivity contribution in [3.05, 3.63) is 47.8 Å². The summed E-state index contributed by atoms with van der Waals surface area (Å²) in [7, 11) is 0. The zero-order valence-electron chi connectivity index (χ0n) is 12.1. The highest BCUT2D eigenvalue weighted by molar-refractivity contribution is 5.74. The zero-order valence-corrected chi connectivity index (χ0v) is 12.1. The van der Waals surface area contributed by atoms with E-state index in [-0.39, 0.29) is 12.1 Å². The highest BCUT2D eigenvalue weighted by Gasteiger charge is 2.16. The van der Waals surface area contributed by atoms with E-state index in [4.69, 9.17) is 8.83 Å². The first-order chi connectivity index (χ1) is 10.1. The van der Waals surface area contributed by atoms with Gasteiger partial charge in [-0.25, -0.2) is 4.79 Å². The molecule has 0 bridgehead atoms. The first kappa shape index (κ1) is 15.2. The fraction of sp³-hybridized carbons (Fsp3) is 0.400. The molecule has 0 aliphatic heterocycles. The second-order valence-electron chi connectivity index (χ2n) is 5.00. The van der Waals surface area contributed by atoms with Crippen molar-refractivity contribution in [2.45, 2.75) is 39.0 Å². The minimum Gasteiger partial charge on any atom is -0.469 e. The first-order valence-corrected chi connectivity index (χ1v) is 6.85. The number of nitrogens with one attached hydrogen (secondary N) is 2. The molecule has 0 aliphatic carbocycles. The summed E-state index contributed by atoms with van der Waals surface area (Å²) in [5.74, 6) is 1.29. The minimum atomic E-state index is -0.730. The number of amides is 2. The molecule has 2 aromatic heterocycles. The fourth-order valence-electron chi connectivity index (χ4n) is 2.04. The van der Waals surface area contributed by atoms with Crippen LogP contribution < -0.4 is 10.6 Å². The van der Waals surface area contributed by atoms with Gasteiger partial charge >= 0.3 is 6.03 Å². The number of aryl methyl sites for hydroxylation is 1. The summed E-state index contributed by atoms with van der Waals surface area (Å²) in [5, 5.41) is 15.5. The number of hydrogen-bond acceptors (Lipinski definition) is 4. The third kappa shape index (κ3) is 4.39. The lowest BCUT2D eigenvalue weighted by Gasteiger charge is -2.17. The summed E-state index contributed by atoms with van der Waals surface area (Å²) >= 11 is 0. The molecular formula is C15H20N2O4. The second kappa shape index (κ2) is 6.99. The van der Waals surface area contributed by atoms with Gasteiger partial charge in [0.2, 0.25) is 0 Å². The zero-order chi connectivity index (χ0) is 15.2. The van der Waals surface area contributed by atoms with E-state index in [1.54, 1.807) is 18.4 Å². The van der Waals surface area contributed by atoms with Crippen molar-refractivity contribution in [3.63, 3.8) is 0 Å². The maximum absolute atomic E-state index is 11.8. The smallest absolute Gasteiger partial charge is 0.315 e. The molecular weight excluding hydrogens is 272 g/mol. The van der Waals surface area contributed by atoms with Gasteiger partial charge in [0, 0.05) is 24.6 Å². The number of carbonyl (C=O) groups is 1. The summed E-state index contributed by atoms with van der Waals surface area (Å²) in [6, 6.07) is 4.78. The predicted octanol–water partition coefficient (Wildman–Crippen LogP) is 2.49. The molecule has 0 spiro atoms. The predicted molar refractivity (Wildman–Crippen MR) is 76.6 cm³/mol. The van der Waals surface area contributed by atoms with Gasteiger partial charge in [-0.15, -0.1) is 0 Å². The lowest BCUT2D eigenvalue weighted by molar-refractivity contribution is 0.129. The van der Waals surface area contributed by atoms with Crippen LogP contribution >= 0.6 is 0 Å². The lowest BCUT2D eigenvalue weighted by atomic mass is 10.1. The number of furan rings is 2. The molecule has 2 rings (SSSR count). The van der Waals surface area contributed by atoms with E-state index in [1.165, 1.54) is 6.26 Å². The standard InChI is InChI=1S/C15H20N2O4/c1-10(8-13(18)14-4-3-6-21-14)17-15(19)16-9-12-5-7-20-11(12)2/h3-7,10,13,18H,8-9H2,1-2H3,(H2,16,17,19)/t10-,13+/m1/s1. The highest BCUT2D eigenvalue weighted by atomic mass is 16.4. The molecule has 0 saturated carbocycles. The van der Waals surface area contributed by atoms with Gasteiger partial charge in [-0.2, -0.15) is 0 Å². The fourth-order valence-corrected chi connectivity index (χ4v) is 2.04. The molecule has 2 amide bonds. The van der Waals surface area contributed by atoms with Gasteiger partial charge in [-0.1, -0.05) is 0 Å². The molecule has 6 heteroatoms. The Morgan fingerprint density at radius 3 is 2.76 bits per heavy atom. The maximum Gasteiger partial charge on any atom is 0.315 e. The topological polar surface area (TPSA) is 87.6 Å². The Hall–Kier alpha value is -2.21. The average Bonchev–Trinajstić information content (AvgIpc) is 3.07. The Balaban J connectivity index is 1.73. The van der Waals surface area contributed by atoms with Gasteiger partial charge in [-0.05, 0) is 32.0 Å². The van der Waals surface area contributed by atoms with Crippen LogP contribution in [0, 0.1) is 6.92 Å². The molecule has 0 unspecified atom stereocenters. The van der Waals surface area contributed by atoms with Crippen molar-refractivity contribution < 1.29 is 18.7 Å². The van der Waals surface area contributed by atoms with Crippen molar-refractivity contribution in [3.8, 4) is 0 Å². The van der Waals surface area contributed by atoms with Gasteiger partial charge in [0.15, 0.2) is 0 Å². The molecule has 114 valence electrons. The van der Waals surface area contributed by atoms with Crippen molar-refractivity contribution in [2.75, 3.05) is 0 Å². The molecule has 2 aromatic rings. The molecule has 0 aromatic carbocycles. The Morgan fingerprint density at radius 1 is 1.33 bits per heavy atom. The number of rotatable bonds is 6. The summed E-state index contributed by atoms with van der Waals surface area (Å²) in [6.45, 7) is 4.08. The van der Waals surface area contributed by atoms with E-state index < -0.39 is 6.10 Å². The monoisotopic (exact) mass is 292 g/mol. The van der Waals surface area contributed by atoms with Gasteiger partial charge in [-0.3, -0.25) is 0 Å². The Morgan fingerprint density at radius 2 is 2.14 bits per heavy atom. The van der Waals surface area contributed by atoms with Crippen LogP contribution in [0.5, 0.6) is 0 Å². The first-order valence-electron chi connectivity index (χ1n) is 6.85. The third-order valence-electron chi connectivity index (χ3n) is 3.23. The normalized spacial score (nSPS) is 13.7. The van der Waals surface area contributed by atoms with Crippen LogP contribution in [0.1, 0.15) is 36.5 Å². The SMILES string of the molecule is Cc1occc1CNC(=O)N[C@H](C)C[C@H](O)c1ccco1. The van der Waals surface area contributed by atoms with E-state index in [2.05, 4.69) is 10.6 Å². The van der Waals surface area contributed by atoms with Crippen molar-refractivity contribution >= 4 is 6.03 Å². The highest BCUT2D eigenvalue weighted by Crippen LogP contribution is 2.18. The number of urea groups is 1. The summed E-state index contributed by atoms with van der Waals surface area (Å²) in [4.78, 5) is 11.8. The minimum absolute atomic E-state index is 0.185. The lowest BCUT2D eigenvalue weighted by Crippen LogP contribution is -2.41. The molecule has 0 saturated heterocycles. The third-order valence-corrected chi connectivity index (χ3v) is 3.23. The molecule has 2 atom stereocenters. The molecule has 21 heavy (non-hydrogen) atoms. The summed E-state index contributed by atoms with van der Waals surface area (Å²) in [6.07, 6.45) is 2.75. The van der Waals surface area contributed by atoms with Gasteiger partial charge in [0.1, 0.15) is 17.6 Å². The summed E-state index contributed by atoms with van der Waals surface area (Å²) in [5.41, 5.74) is 0.938. The van der Waals surface area contributed by atoms with E-state index >= 15 is 0 Å². The Labute approximate surface area is 123 Å². The van der Waals surface area contributed by atoms with E-state index in [1.807, 2.05) is 19.9 Å². The largest absolute Gasteiger partial charge is 0.469 e. The van der Waals surface area contributed by atoms with Crippen LogP contribution in [0.4, 0.5) is 4.79 Å². The van der Waals surface area contributed by atoms with Gasteiger partial charge < -0.3 is 24.6 Å². The molecule has 0 fully saturated rings. The Bertz CT molecular complexity index is 562. The van der Waals surface area contributed by atoms with Crippen LogP contribution in [0.25, 0.3) is 0 Å². The molecule has 6 nitrogen and oxygen atoms in total. The molecule has 3 N–H and O–H groups in total. The summed E-state index contributed by atoms with van der Waals surface area (Å²) < 4.78 is 10.3. The van der Waals surface area contributed by atoms with Crippen molar-refractivity contribution in [2.24, 2.45) is 0 Å². The molecule has 0 radical (unpaired) electrons. The molecule has 0 aliphatic rings. The maximum atomic E-state index is 11.8. The van der Waals surface area contributed by atoms with Crippen LogP contribution in [0.15, 0.2) is 39.6 Å². The van der Waals surface area contributed by atoms with Crippen LogP contribution in [0.3, 0.4) is 0 Å². The number of aliphatic hydroxyl groups is 1. The Kier molecular flexibility index (Phi) is 5.05.